The average Bonchev–Trinajstić information content (AvgIpc) is 3.36. The third-order valence-electron chi connectivity index (χ3n) is 5.29. The standard InChI is InChI=1S/C23H26N2O3/c1-27-15-14-25-13-12-18-16-19(8-11-22(18)25)24-23(26)17-6-9-21(10-7-17)28-20-4-2-3-5-20/h6-13,16,20H,2-5,14-15H2,1H3,(H,24,26). The van der Waals surface area contributed by atoms with E-state index < -0.39 is 0 Å². The molecule has 0 bridgehead atoms. The van der Waals surface area contributed by atoms with E-state index in [-0.39, 0.29) is 5.91 Å². The first-order chi connectivity index (χ1) is 13.7. The molecule has 1 saturated carbocycles. The summed E-state index contributed by atoms with van der Waals surface area (Å²) >= 11 is 0. The minimum atomic E-state index is -0.120. The number of anilines is 1. The van der Waals surface area contributed by atoms with E-state index in [2.05, 4.69) is 16.0 Å². The highest BCUT2D eigenvalue weighted by atomic mass is 16.5. The van der Waals surface area contributed by atoms with E-state index in [1.807, 2.05) is 48.7 Å². The van der Waals surface area contributed by atoms with Crippen molar-refractivity contribution < 1.29 is 14.3 Å². The summed E-state index contributed by atoms with van der Waals surface area (Å²) in [5.41, 5.74) is 2.54. The van der Waals surface area contributed by atoms with Gasteiger partial charge in [0.2, 0.25) is 0 Å². The predicted octanol–water partition coefficient (Wildman–Crippen LogP) is 4.86. The predicted molar refractivity (Wildman–Crippen MR) is 111 cm³/mol. The lowest BCUT2D eigenvalue weighted by Crippen LogP contribution is -2.13. The van der Waals surface area contributed by atoms with Gasteiger partial charge in [-0.3, -0.25) is 4.79 Å². The first-order valence-corrected chi connectivity index (χ1v) is 9.89. The van der Waals surface area contributed by atoms with Gasteiger partial charge in [-0.2, -0.15) is 0 Å². The number of rotatable bonds is 7. The zero-order valence-corrected chi connectivity index (χ0v) is 16.2. The van der Waals surface area contributed by atoms with Crippen LogP contribution in [-0.2, 0) is 11.3 Å². The van der Waals surface area contributed by atoms with Crippen molar-refractivity contribution >= 4 is 22.5 Å². The number of ether oxygens (including phenoxy) is 2. The summed E-state index contributed by atoms with van der Waals surface area (Å²) in [6.07, 6.45) is 7.09. The Morgan fingerprint density at radius 3 is 2.64 bits per heavy atom. The van der Waals surface area contributed by atoms with Crippen LogP contribution in [0.1, 0.15) is 36.0 Å². The highest BCUT2D eigenvalue weighted by molar-refractivity contribution is 6.05. The lowest BCUT2D eigenvalue weighted by molar-refractivity contribution is 0.102. The first kappa shape index (κ1) is 18.6. The van der Waals surface area contributed by atoms with Crippen molar-refractivity contribution in [1.82, 2.24) is 4.57 Å². The van der Waals surface area contributed by atoms with Crippen LogP contribution < -0.4 is 10.1 Å². The molecule has 1 aromatic heterocycles. The second-order valence-electron chi connectivity index (χ2n) is 7.28. The molecule has 0 unspecified atom stereocenters. The van der Waals surface area contributed by atoms with Gasteiger partial charge in [-0.15, -0.1) is 0 Å². The number of methoxy groups -OCH3 is 1. The number of nitrogens with zero attached hydrogens (tertiary/aromatic N) is 1. The lowest BCUT2D eigenvalue weighted by atomic mass is 10.2. The number of carbonyl (C=O) groups is 1. The van der Waals surface area contributed by atoms with E-state index in [0.717, 1.165) is 41.7 Å². The maximum absolute atomic E-state index is 12.6. The summed E-state index contributed by atoms with van der Waals surface area (Å²) in [6, 6.07) is 15.4. The molecule has 146 valence electrons. The highest BCUT2D eigenvalue weighted by Crippen LogP contribution is 2.25. The third-order valence-corrected chi connectivity index (χ3v) is 5.29. The van der Waals surface area contributed by atoms with Crippen LogP contribution in [0.25, 0.3) is 10.9 Å². The van der Waals surface area contributed by atoms with E-state index >= 15 is 0 Å². The summed E-state index contributed by atoms with van der Waals surface area (Å²) in [5, 5.41) is 4.07. The number of benzene rings is 2. The van der Waals surface area contributed by atoms with Crippen LogP contribution in [0.5, 0.6) is 5.75 Å². The third kappa shape index (κ3) is 4.20. The van der Waals surface area contributed by atoms with Crippen molar-refractivity contribution in [2.45, 2.75) is 38.3 Å². The molecule has 0 aliphatic heterocycles. The van der Waals surface area contributed by atoms with Crippen LogP contribution in [0, 0.1) is 0 Å². The molecule has 1 amide bonds. The Bertz CT molecular complexity index is 940. The number of carbonyl (C=O) groups excluding carboxylic acids is 1. The maximum atomic E-state index is 12.6. The molecule has 1 heterocycles. The normalized spacial score (nSPS) is 14.5. The molecule has 5 heteroatoms. The van der Waals surface area contributed by atoms with Gasteiger partial charge >= 0.3 is 0 Å². The number of fused-ring (bicyclic) bond motifs is 1. The zero-order valence-electron chi connectivity index (χ0n) is 16.2. The van der Waals surface area contributed by atoms with Crippen LogP contribution in [-0.4, -0.2) is 30.3 Å². The van der Waals surface area contributed by atoms with Crippen LogP contribution in [0.4, 0.5) is 5.69 Å². The number of hydrogen-bond acceptors (Lipinski definition) is 3. The van der Waals surface area contributed by atoms with Gasteiger partial charge in [-0.1, -0.05) is 0 Å². The van der Waals surface area contributed by atoms with Crippen LogP contribution >= 0.6 is 0 Å². The number of aromatic nitrogens is 1. The molecule has 0 radical (unpaired) electrons. The fourth-order valence-corrected chi connectivity index (χ4v) is 3.75. The van der Waals surface area contributed by atoms with Crippen molar-refractivity contribution in [3.63, 3.8) is 0 Å². The Hall–Kier alpha value is -2.79. The largest absolute Gasteiger partial charge is 0.490 e. The minimum Gasteiger partial charge on any atom is -0.490 e. The van der Waals surface area contributed by atoms with Gasteiger partial charge < -0.3 is 19.4 Å². The SMILES string of the molecule is COCCn1ccc2cc(NC(=O)c3ccc(OC4CCCC4)cc3)ccc21. The van der Waals surface area contributed by atoms with Gasteiger partial charge in [0.1, 0.15) is 5.75 Å². The molecule has 28 heavy (non-hydrogen) atoms. The molecule has 1 aliphatic carbocycles. The summed E-state index contributed by atoms with van der Waals surface area (Å²) in [6.45, 7) is 1.48. The quantitative estimate of drug-likeness (QED) is 0.639. The maximum Gasteiger partial charge on any atom is 0.255 e. The Balaban J connectivity index is 1.41. The van der Waals surface area contributed by atoms with Gasteiger partial charge in [0.05, 0.1) is 12.7 Å². The van der Waals surface area contributed by atoms with Crippen LogP contribution in [0.2, 0.25) is 0 Å². The Kier molecular flexibility index (Phi) is 5.63. The Labute approximate surface area is 165 Å². The van der Waals surface area contributed by atoms with Crippen molar-refractivity contribution in [3.8, 4) is 5.75 Å². The smallest absolute Gasteiger partial charge is 0.255 e. The molecule has 4 rings (SSSR count). The van der Waals surface area contributed by atoms with Crippen molar-refractivity contribution in [2.24, 2.45) is 0 Å². The molecule has 3 aromatic rings. The molecule has 1 fully saturated rings. The number of amides is 1. The number of nitrogens with one attached hydrogen (secondary N) is 1. The summed E-state index contributed by atoms with van der Waals surface area (Å²) in [7, 11) is 1.70. The van der Waals surface area contributed by atoms with E-state index in [1.54, 1.807) is 7.11 Å². The van der Waals surface area contributed by atoms with Crippen molar-refractivity contribution in [2.75, 3.05) is 19.0 Å². The average molecular weight is 378 g/mol. The van der Waals surface area contributed by atoms with Gasteiger partial charge in [-0.25, -0.2) is 0 Å². The van der Waals surface area contributed by atoms with Crippen LogP contribution in [0.3, 0.4) is 0 Å². The van der Waals surface area contributed by atoms with Gasteiger partial charge in [0.15, 0.2) is 0 Å². The van der Waals surface area contributed by atoms with Crippen molar-refractivity contribution in [1.29, 1.82) is 0 Å². The molecule has 1 N–H and O–H groups in total. The van der Waals surface area contributed by atoms with Gasteiger partial charge in [0.25, 0.3) is 5.91 Å². The lowest BCUT2D eigenvalue weighted by Gasteiger charge is -2.13. The topological polar surface area (TPSA) is 52.5 Å². The van der Waals surface area contributed by atoms with E-state index in [1.165, 1.54) is 12.8 Å². The highest BCUT2D eigenvalue weighted by Gasteiger charge is 2.16. The fourth-order valence-electron chi connectivity index (χ4n) is 3.75. The Morgan fingerprint density at radius 1 is 1.11 bits per heavy atom. The molecule has 1 aliphatic rings. The molecule has 0 saturated heterocycles. The second-order valence-corrected chi connectivity index (χ2v) is 7.28. The number of hydrogen-bond donors (Lipinski definition) is 1. The first-order valence-electron chi connectivity index (χ1n) is 9.89. The second kappa shape index (κ2) is 8.48. The molecule has 5 nitrogen and oxygen atoms in total. The van der Waals surface area contributed by atoms with E-state index in [0.29, 0.717) is 18.3 Å². The van der Waals surface area contributed by atoms with Gasteiger partial charge in [-0.05, 0) is 74.2 Å². The molecular formula is C23H26N2O3. The van der Waals surface area contributed by atoms with Gasteiger partial charge in [0, 0.05) is 42.0 Å². The van der Waals surface area contributed by atoms with E-state index in [4.69, 9.17) is 9.47 Å². The zero-order chi connectivity index (χ0) is 19.3. The summed E-state index contributed by atoms with van der Waals surface area (Å²) in [4.78, 5) is 12.6. The molecule has 0 spiro atoms. The fraction of sp³-hybridized carbons (Fsp3) is 0.348. The Morgan fingerprint density at radius 2 is 1.89 bits per heavy atom. The summed E-state index contributed by atoms with van der Waals surface area (Å²) < 4.78 is 13.3. The minimum absolute atomic E-state index is 0.120. The summed E-state index contributed by atoms with van der Waals surface area (Å²) in [5.74, 6) is 0.716. The van der Waals surface area contributed by atoms with E-state index in [9.17, 15) is 4.79 Å². The molecular weight excluding hydrogens is 352 g/mol. The van der Waals surface area contributed by atoms with Crippen LogP contribution in [0.15, 0.2) is 54.7 Å². The molecule has 0 atom stereocenters. The monoisotopic (exact) mass is 378 g/mol. The molecule has 2 aromatic carbocycles. The van der Waals surface area contributed by atoms with Crippen molar-refractivity contribution in [3.05, 3.63) is 60.3 Å².